The number of hydrogen-bond donors (Lipinski definition) is 1. The maximum atomic E-state index is 12.6. The zero-order chi connectivity index (χ0) is 16.6. The minimum atomic E-state index is -0.528. The summed E-state index contributed by atoms with van der Waals surface area (Å²) in [6.45, 7) is 1.55. The topological polar surface area (TPSA) is 92.9 Å². The number of hydrogen-bond acceptors (Lipinski definition) is 5. The molecule has 1 aliphatic carbocycles. The molecule has 124 valence electrons. The predicted molar refractivity (Wildman–Crippen MR) is 82.4 cm³/mol. The summed E-state index contributed by atoms with van der Waals surface area (Å²) in [5, 5.41) is 20.2. The number of rotatable bonds is 4. The van der Waals surface area contributed by atoms with Crippen molar-refractivity contribution in [1.29, 1.82) is 0 Å². The molecule has 2 fully saturated rings. The average Bonchev–Trinajstić information content (AvgIpc) is 3.26. The summed E-state index contributed by atoms with van der Waals surface area (Å²) in [5.41, 5.74) is 0.488. The van der Waals surface area contributed by atoms with Crippen LogP contribution in [0.1, 0.15) is 29.6 Å². The van der Waals surface area contributed by atoms with Gasteiger partial charge in [-0.2, -0.15) is 0 Å². The Labute approximate surface area is 134 Å². The van der Waals surface area contributed by atoms with Gasteiger partial charge < -0.3 is 14.7 Å². The van der Waals surface area contributed by atoms with Crippen LogP contribution >= 0.6 is 0 Å². The van der Waals surface area contributed by atoms with E-state index in [1.165, 1.54) is 25.3 Å². The SMILES string of the molecule is COc1cc(C(=O)N2CCC3(CC2)CC3CO)ccc1[N+](=O)[O-]. The normalized spacial score (nSPS) is 22.0. The van der Waals surface area contributed by atoms with Crippen molar-refractivity contribution in [2.24, 2.45) is 11.3 Å². The lowest BCUT2D eigenvalue weighted by molar-refractivity contribution is -0.385. The van der Waals surface area contributed by atoms with Gasteiger partial charge in [-0.15, -0.1) is 0 Å². The van der Waals surface area contributed by atoms with Crippen LogP contribution in [-0.2, 0) is 0 Å². The lowest BCUT2D eigenvalue weighted by Gasteiger charge is -2.33. The maximum Gasteiger partial charge on any atom is 0.310 e. The monoisotopic (exact) mass is 320 g/mol. The highest BCUT2D eigenvalue weighted by Crippen LogP contribution is 2.59. The third-order valence-corrected chi connectivity index (χ3v) is 5.25. The molecule has 1 atom stereocenters. The summed E-state index contributed by atoms with van der Waals surface area (Å²) in [5.74, 6) is 0.352. The van der Waals surface area contributed by atoms with Crippen molar-refractivity contribution >= 4 is 11.6 Å². The van der Waals surface area contributed by atoms with E-state index in [1.807, 2.05) is 0 Å². The van der Waals surface area contributed by atoms with E-state index in [-0.39, 0.29) is 29.4 Å². The highest BCUT2D eigenvalue weighted by molar-refractivity contribution is 5.95. The Hall–Kier alpha value is -2.15. The predicted octanol–water partition coefficient (Wildman–Crippen LogP) is 1.84. The van der Waals surface area contributed by atoms with Crippen LogP contribution in [0.25, 0.3) is 0 Å². The summed E-state index contributed by atoms with van der Waals surface area (Å²) in [7, 11) is 1.35. The number of carbonyl (C=O) groups excluding carboxylic acids is 1. The van der Waals surface area contributed by atoms with Crippen molar-refractivity contribution in [3.05, 3.63) is 33.9 Å². The van der Waals surface area contributed by atoms with Crippen molar-refractivity contribution in [2.45, 2.75) is 19.3 Å². The smallest absolute Gasteiger partial charge is 0.310 e. The maximum absolute atomic E-state index is 12.6. The van der Waals surface area contributed by atoms with E-state index in [4.69, 9.17) is 4.74 Å². The van der Waals surface area contributed by atoms with Gasteiger partial charge in [-0.3, -0.25) is 14.9 Å². The number of aliphatic hydroxyl groups excluding tert-OH is 1. The Balaban J connectivity index is 1.70. The van der Waals surface area contributed by atoms with Crippen LogP contribution in [0.15, 0.2) is 18.2 Å². The summed E-state index contributed by atoms with van der Waals surface area (Å²) in [6, 6.07) is 4.21. The standard InChI is InChI=1S/C16H20N2O5/c1-23-14-8-11(2-3-13(14)18(21)22)15(20)17-6-4-16(5-7-17)9-12(16)10-19/h2-3,8,12,19H,4-7,9-10H2,1H3. The molecule has 23 heavy (non-hydrogen) atoms. The molecule has 3 rings (SSSR count). The van der Waals surface area contributed by atoms with Gasteiger partial charge in [-0.05, 0) is 36.7 Å². The highest BCUT2D eigenvalue weighted by Gasteiger charge is 2.54. The van der Waals surface area contributed by atoms with Crippen molar-refractivity contribution in [3.8, 4) is 5.75 Å². The number of nitro groups is 1. The number of methoxy groups -OCH3 is 1. The fraction of sp³-hybridized carbons (Fsp3) is 0.562. The van der Waals surface area contributed by atoms with Crippen LogP contribution in [0, 0.1) is 21.4 Å². The molecular weight excluding hydrogens is 300 g/mol. The van der Waals surface area contributed by atoms with Gasteiger partial charge in [-0.25, -0.2) is 0 Å². The van der Waals surface area contributed by atoms with Crippen LogP contribution in [-0.4, -0.2) is 47.6 Å². The van der Waals surface area contributed by atoms with Crippen molar-refractivity contribution in [2.75, 3.05) is 26.8 Å². The molecule has 1 aromatic carbocycles. The Morgan fingerprint density at radius 2 is 2.17 bits per heavy atom. The number of benzene rings is 1. The van der Waals surface area contributed by atoms with Gasteiger partial charge in [0.1, 0.15) is 0 Å². The Bertz CT molecular complexity index is 637. The summed E-state index contributed by atoms with van der Waals surface area (Å²) in [6.07, 6.45) is 2.87. The molecule has 1 unspecified atom stereocenters. The van der Waals surface area contributed by atoms with E-state index in [9.17, 15) is 20.0 Å². The summed E-state index contributed by atoms with van der Waals surface area (Å²) in [4.78, 5) is 24.7. The number of ether oxygens (including phenoxy) is 1. The molecular formula is C16H20N2O5. The van der Waals surface area contributed by atoms with Gasteiger partial charge in [0.15, 0.2) is 5.75 Å². The molecule has 7 heteroatoms. The number of nitrogens with zero attached hydrogens (tertiary/aromatic N) is 2. The van der Waals surface area contributed by atoms with Crippen molar-refractivity contribution < 1.29 is 19.6 Å². The van der Waals surface area contributed by atoms with Crippen molar-refractivity contribution in [3.63, 3.8) is 0 Å². The van der Waals surface area contributed by atoms with Gasteiger partial charge in [0.2, 0.25) is 0 Å². The number of amides is 1. The van der Waals surface area contributed by atoms with E-state index in [0.29, 0.717) is 24.6 Å². The number of piperidine rings is 1. The molecule has 1 amide bonds. The molecule has 0 bridgehead atoms. The molecule has 1 heterocycles. The zero-order valence-corrected chi connectivity index (χ0v) is 13.0. The van der Waals surface area contributed by atoms with Gasteiger partial charge in [0, 0.05) is 37.4 Å². The van der Waals surface area contributed by atoms with Crippen LogP contribution in [0.2, 0.25) is 0 Å². The number of likely N-dealkylation sites (tertiary alicyclic amines) is 1. The van der Waals surface area contributed by atoms with Crippen LogP contribution in [0.5, 0.6) is 5.75 Å². The molecule has 2 aliphatic rings. The summed E-state index contributed by atoms with van der Waals surface area (Å²) >= 11 is 0. The molecule has 7 nitrogen and oxygen atoms in total. The lowest BCUT2D eigenvalue weighted by atomic mass is 9.90. The summed E-state index contributed by atoms with van der Waals surface area (Å²) < 4.78 is 5.02. The van der Waals surface area contributed by atoms with E-state index in [0.717, 1.165) is 19.3 Å². The lowest BCUT2D eigenvalue weighted by Crippen LogP contribution is -2.39. The molecule has 1 saturated carbocycles. The molecule has 1 N–H and O–H groups in total. The second-order valence-electron chi connectivity index (χ2n) is 6.38. The molecule has 0 radical (unpaired) electrons. The largest absolute Gasteiger partial charge is 0.490 e. The first kappa shape index (κ1) is 15.7. The first-order chi connectivity index (χ1) is 11.0. The highest BCUT2D eigenvalue weighted by atomic mass is 16.6. The fourth-order valence-electron chi connectivity index (χ4n) is 3.60. The van der Waals surface area contributed by atoms with E-state index < -0.39 is 4.92 Å². The molecule has 1 spiro atoms. The molecule has 1 aromatic rings. The van der Waals surface area contributed by atoms with Crippen LogP contribution in [0.4, 0.5) is 5.69 Å². The van der Waals surface area contributed by atoms with Crippen LogP contribution in [0.3, 0.4) is 0 Å². The Kier molecular flexibility index (Phi) is 3.97. The first-order valence-corrected chi connectivity index (χ1v) is 7.73. The molecule has 0 aromatic heterocycles. The second kappa shape index (κ2) is 5.81. The number of carbonyl (C=O) groups is 1. The average molecular weight is 320 g/mol. The van der Waals surface area contributed by atoms with Crippen molar-refractivity contribution in [1.82, 2.24) is 4.90 Å². The first-order valence-electron chi connectivity index (χ1n) is 7.73. The van der Waals surface area contributed by atoms with Gasteiger partial charge >= 0.3 is 5.69 Å². The second-order valence-corrected chi connectivity index (χ2v) is 6.38. The minimum Gasteiger partial charge on any atom is -0.490 e. The fourth-order valence-corrected chi connectivity index (χ4v) is 3.60. The van der Waals surface area contributed by atoms with Gasteiger partial charge in [-0.1, -0.05) is 0 Å². The van der Waals surface area contributed by atoms with E-state index in [1.54, 1.807) is 4.90 Å². The van der Waals surface area contributed by atoms with Gasteiger partial charge in [0.05, 0.1) is 12.0 Å². The van der Waals surface area contributed by atoms with Gasteiger partial charge in [0.25, 0.3) is 5.91 Å². The zero-order valence-electron chi connectivity index (χ0n) is 13.0. The van der Waals surface area contributed by atoms with E-state index in [2.05, 4.69) is 0 Å². The molecule has 1 aliphatic heterocycles. The third-order valence-electron chi connectivity index (χ3n) is 5.25. The minimum absolute atomic E-state index is 0.0943. The number of aliphatic hydroxyl groups is 1. The molecule has 1 saturated heterocycles. The quantitative estimate of drug-likeness (QED) is 0.675. The van der Waals surface area contributed by atoms with E-state index >= 15 is 0 Å². The third kappa shape index (κ3) is 2.76. The number of nitro benzene ring substituents is 1. The Morgan fingerprint density at radius 1 is 1.48 bits per heavy atom. The Morgan fingerprint density at radius 3 is 2.70 bits per heavy atom. The van der Waals surface area contributed by atoms with Crippen LogP contribution < -0.4 is 4.74 Å².